The quantitative estimate of drug-likeness (QED) is 0.571. The molecule has 3 nitrogen and oxygen atoms in total. The summed E-state index contributed by atoms with van der Waals surface area (Å²) >= 11 is 0. The molecule has 0 unspecified atom stereocenters. The van der Waals surface area contributed by atoms with Gasteiger partial charge in [0, 0.05) is 6.20 Å². The van der Waals surface area contributed by atoms with Crippen LogP contribution >= 0.6 is 0 Å². The molecule has 1 heterocycles. The van der Waals surface area contributed by atoms with Gasteiger partial charge in [-0.3, -0.25) is 0 Å². The maximum Gasteiger partial charge on any atom is 0.152 e. The Kier molecular flexibility index (Phi) is 1.76. The Bertz CT molecular complexity index is 285. The van der Waals surface area contributed by atoms with Crippen LogP contribution in [0.1, 0.15) is 11.5 Å². The summed E-state index contributed by atoms with van der Waals surface area (Å²) in [6.45, 7) is 3.47. The van der Waals surface area contributed by atoms with E-state index in [1.165, 1.54) is 12.3 Å². The highest BCUT2D eigenvalue weighted by molar-refractivity contribution is 5.37. The summed E-state index contributed by atoms with van der Waals surface area (Å²) in [5.74, 6) is 0.485. The Labute approximate surface area is 58.7 Å². The maximum atomic E-state index is 8.38. The van der Waals surface area contributed by atoms with Crippen molar-refractivity contribution in [2.45, 2.75) is 0 Å². The first-order chi connectivity index (χ1) is 4.86. The second kappa shape index (κ2) is 2.74. The molecule has 0 aliphatic heterocycles. The molecule has 0 aliphatic carbocycles. The van der Waals surface area contributed by atoms with Gasteiger partial charge < -0.3 is 0 Å². The predicted octanol–water partition coefficient (Wildman–Crippen LogP) is 0.991. The van der Waals surface area contributed by atoms with E-state index in [-0.39, 0.29) is 0 Å². The smallest absolute Gasteiger partial charge is 0.152 e. The number of nitrogens with zero attached hydrogens (tertiary/aromatic N) is 3. The van der Waals surface area contributed by atoms with Gasteiger partial charge >= 0.3 is 0 Å². The summed E-state index contributed by atoms with van der Waals surface area (Å²) in [4.78, 5) is 7.64. The van der Waals surface area contributed by atoms with Crippen LogP contribution < -0.4 is 0 Å². The van der Waals surface area contributed by atoms with Gasteiger partial charge in [0.1, 0.15) is 11.8 Å². The molecule has 1 rings (SSSR count). The summed E-state index contributed by atoms with van der Waals surface area (Å²) in [7, 11) is 0. The van der Waals surface area contributed by atoms with Crippen molar-refractivity contribution in [3.05, 3.63) is 30.4 Å². The van der Waals surface area contributed by atoms with E-state index in [4.69, 9.17) is 5.26 Å². The number of nitriles is 1. The van der Waals surface area contributed by atoms with Gasteiger partial charge in [0.05, 0.1) is 0 Å². The van der Waals surface area contributed by atoms with Crippen molar-refractivity contribution < 1.29 is 0 Å². The zero-order valence-corrected chi connectivity index (χ0v) is 5.28. The monoisotopic (exact) mass is 131 g/mol. The second-order valence-corrected chi connectivity index (χ2v) is 1.62. The molecule has 48 valence electrons. The number of aromatic nitrogens is 2. The minimum atomic E-state index is 0.366. The molecule has 0 saturated heterocycles. The Morgan fingerprint density at radius 1 is 1.70 bits per heavy atom. The van der Waals surface area contributed by atoms with Gasteiger partial charge in [0.2, 0.25) is 0 Å². The van der Waals surface area contributed by atoms with Crippen LogP contribution in [-0.2, 0) is 0 Å². The maximum absolute atomic E-state index is 8.38. The zero-order valence-electron chi connectivity index (χ0n) is 5.28. The van der Waals surface area contributed by atoms with E-state index in [1.54, 1.807) is 6.07 Å². The van der Waals surface area contributed by atoms with Crippen molar-refractivity contribution in [3.63, 3.8) is 0 Å². The minimum absolute atomic E-state index is 0.366. The molecular formula is C7H5N3. The molecule has 10 heavy (non-hydrogen) atoms. The zero-order chi connectivity index (χ0) is 7.40. The number of hydrogen-bond donors (Lipinski definition) is 0. The molecule has 0 saturated carbocycles. The van der Waals surface area contributed by atoms with Crippen molar-refractivity contribution in [2.24, 2.45) is 0 Å². The van der Waals surface area contributed by atoms with Crippen LogP contribution in [0.25, 0.3) is 6.08 Å². The Morgan fingerprint density at radius 2 is 2.50 bits per heavy atom. The largest absolute Gasteiger partial charge is 0.237 e. The third-order valence-electron chi connectivity index (χ3n) is 0.971. The summed E-state index contributed by atoms with van der Waals surface area (Å²) in [6.07, 6.45) is 3.03. The average Bonchev–Trinajstić information content (AvgIpc) is 2.05. The highest BCUT2D eigenvalue weighted by atomic mass is 14.9. The van der Waals surface area contributed by atoms with Crippen LogP contribution in [0.5, 0.6) is 0 Å². The lowest BCUT2D eigenvalue weighted by molar-refractivity contribution is 1.11. The molecule has 1 aromatic heterocycles. The third kappa shape index (κ3) is 1.17. The Balaban J connectivity index is 3.13. The van der Waals surface area contributed by atoms with Crippen LogP contribution in [0, 0.1) is 11.3 Å². The molecule has 0 bridgehead atoms. The lowest BCUT2D eigenvalue weighted by Gasteiger charge is -1.88. The first-order valence-corrected chi connectivity index (χ1v) is 2.72. The van der Waals surface area contributed by atoms with Crippen molar-refractivity contribution in [1.29, 1.82) is 5.26 Å². The number of hydrogen-bond acceptors (Lipinski definition) is 3. The standard InChI is InChI=1S/C7H5N3/c1-2-7-9-4-3-6(5-8)10-7/h2-4H,1H2. The van der Waals surface area contributed by atoms with Crippen LogP contribution in [0.3, 0.4) is 0 Å². The molecule has 0 fully saturated rings. The number of rotatable bonds is 1. The van der Waals surface area contributed by atoms with Crippen LogP contribution in [0.2, 0.25) is 0 Å². The topological polar surface area (TPSA) is 49.6 Å². The molecule has 0 atom stereocenters. The van der Waals surface area contributed by atoms with E-state index < -0.39 is 0 Å². The molecule has 1 aromatic rings. The molecule has 0 amide bonds. The first-order valence-electron chi connectivity index (χ1n) is 2.72. The van der Waals surface area contributed by atoms with Crippen molar-refractivity contribution in [1.82, 2.24) is 9.97 Å². The fourth-order valence-corrected chi connectivity index (χ4v) is 0.534. The van der Waals surface area contributed by atoms with Gasteiger partial charge in [0.25, 0.3) is 0 Å². The van der Waals surface area contributed by atoms with Crippen molar-refractivity contribution in [3.8, 4) is 6.07 Å². The molecule has 0 aromatic carbocycles. The predicted molar refractivity (Wildman–Crippen MR) is 36.8 cm³/mol. The fraction of sp³-hybridized carbons (Fsp3) is 0. The first kappa shape index (κ1) is 6.43. The molecular weight excluding hydrogens is 126 g/mol. The summed E-state index contributed by atoms with van der Waals surface area (Å²) in [6, 6.07) is 3.45. The molecule has 3 heteroatoms. The normalized spacial score (nSPS) is 8.30. The Hall–Kier alpha value is -1.69. The van der Waals surface area contributed by atoms with Gasteiger partial charge in [-0.25, -0.2) is 9.97 Å². The van der Waals surface area contributed by atoms with E-state index >= 15 is 0 Å². The Morgan fingerprint density at radius 3 is 3.10 bits per heavy atom. The summed E-state index contributed by atoms with van der Waals surface area (Å²) in [5.41, 5.74) is 0.366. The summed E-state index contributed by atoms with van der Waals surface area (Å²) < 4.78 is 0. The van der Waals surface area contributed by atoms with Gasteiger partial charge in [0.15, 0.2) is 5.82 Å². The van der Waals surface area contributed by atoms with Crippen LogP contribution in [0.4, 0.5) is 0 Å². The molecule has 0 N–H and O–H groups in total. The van der Waals surface area contributed by atoms with E-state index in [9.17, 15) is 0 Å². The van der Waals surface area contributed by atoms with Crippen LogP contribution in [0.15, 0.2) is 18.8 Å². The summed E-state index contributed by atoms with van der Waals surface area (Å²) in [5, 5.41) is 8.38. The minimum Gasteiger partial charge on any atom is -0.237 e. The van der Waals surface area contributed by atoms with E-state index in [1.807, 2.05) is 6.07 Å². The van der Waals surface area contributed by atoms with E-state index in [2.05, 4.69) is 16.5 Å². The molecule has 0 aliphatic rings. The van der Waals surface area contributed by atoms with Crippen molar-refractivity contribution in [2.75, 3.05) is 0 Å². The molecule has 0 radical (unpaired) electrons. The van der Waals surface area contributed by atoms with Gasteiger partial charge in [-0.2, -0.15) is 5.26 Å². The van der Waals surface area contributed by atoms with Gasteiger partial charge in [-0.1, -0.05) is 6.58 Å². The van der Waals surface area contributed by atoms with E-state index in [0.29, 0.717) is 11.5 Å². The lowest BCUT2D eigenvalue weighted by Crippen LogP contribution is -1.88. The lowest BCUT2D eigenvalue weighted by atomic mass is 10.4. The van der Waals surface area contributed by atoms with Gasteiger partial charge in [-0.15, -0.1) is 0 Å². The van der Waals surface area contributed by atoms with Gasteiger partial charge in [-0.05, 0) is 12.1 Å². The highest BCUT2D eigenvalue weighted by Crippen LogP contribution is 1.93. The molecule has 0 spiro atoms. The third-order valence-corrected chi connectivity index (χ3v) is 0.971. The average molecular weight is 131 g/mol. The SMILES string of the molecule is C=Cc1nccc(C#N)n1. The van der Waals surface area contributed by atoms with Crippen molar-refractivity contribution >= 4 is 6.08 Å². The second-order valence-electron chi connectivity index (χ2n) is 1.62. The highest BCUT2D eigenvalue weighted by Gasteiger charge is 1.90. The fourth-order valence-electron chi connectivity index (χ4n) is 0.534. The van der Waals surface area contributed by atoms with E-state index in [0.717, 1.165) is 0 Å². The van der Waals surface area contributed by atoms with Crippen LogP contribution in [-0.4, -0.2) is 9.97 Å².